The molecule has 0 aromatic carbocycles. The number of allylic oxidation sites excluding steroid dienone is 2. The van der Waals surface area contributed by atoms with E-state index in [4.69, 9.17) is 14.2 Å². The van der Waals surface area contributed by atoms with E-state index in [9.17, 15) is 14.4 Å². The van der Waals surface area contributed by atoms with Crippen LogP contribution >= 0.6 is 0 Å². The molecule has 388 valence electrons. The van der Waals surface area contributed by atoms with Crippen LogP contribution in [0.4, 0.5) is 0 Å². The van der Waals surface area contributed by atoms with Gasteiger partial charge in [0.05, 0.1) is 32.7 Å². The summed E-state index contributed by atoms with van der Waals surface area (Å²) >= 11 is 0. The molecule has 67 heavy (non-hydrogen) atoms. The fourth-order valence-corrected chi connectivity index (χ4v) is 13.7. The third kappa shape index (κ3) is 24.5. The minimum atomic E-state index is -0.102. The van der Waals surface area contributed by atoms with Crippen LogP contribution in [0.15, 0.2) is 24.3 Å². The van der Waals surface area contributed by atoms with E-state index >= 15 is 0 Å². The highest BCUT2D eigenvalue weighted by molar-refractivity contribution is 5.71. The SMILES string of the molecule is CCCC(CCC)CCCCC/C=C/CC(=O)OCCCC12CCC3(CCCOC(=O)CCCN(CC)CC)CC(C1)CC(CCCOC(=O)C/C=C/CCCCCC(CCC)CCC)(C2)C3. The summed E-state index contributed by atoms with van der Waals surface area (Å²) in [4.78, 5) is 40.5. The summed E-state index contributed by atoms with van der Waals surface area (Å²) in [6.07, 6.45) is 48.6. The second kappa shape index (κ2) is 35.0. The van der Waals surface area contributed by atoms with Crippen LogP contribution in [0.25, 0.3) is 0 Å². The number of fused-ring (bicyclic) bond motifs is 1. The molecule has 0 saturated heterocycles. The Morgan fingerprint density at radius 2 is 0.910 bits per heavy atom. The van der Waals surface area contributed by atoms with Gasteiger partial charge in [-0.2, -0.15) is 0 Å². The fourth-order valence-electron chi connectivity index (χ4n) is 13.7. The summed E-state index contributed by atoms with van der Waals surface area (Å²) in [6, 6.07) is 0. The van der Waals surface area contributed by atoms with Crippen LogP contribution in [-0.2, 0) is 28.6 Å². The van der Waals surface area contributed by atoms with E-state index in [1.165, 1.54) is 148 Å². The van der Waals surface area contributed by atoms with Gasteiger partial charge in [-0.15, -0.1) is 0 Å². The van der Waals surface area contributed by atoms with Crippen LogP contribution in [0.3, 0.4) is 0 Å². The summed E-state index contributed by atoms with van der Waals surface area (Å²) in [5.41, 5.74) is 0.828. The Morgan fingerprint density at radius 3 is 1.34 bits per heavy atom. The van der Waals surface area contributed by atoms with Crippen molar-refractivity contribution in [3.63, 3.8) is 0 Å². The van der Waals surface area contributed by atoms with E-state index < -0.39 is 0 Å². The molecule has 0 radical (unpaired) electrons. The van der Waals surface area contributed by atoms with Crippen molar-refractivity contribution in [2.24, 2.45) is 34.0 Å². The molecule has 0 aromatic heterocycles. The van der Waals surface area contributed by atoms with Crippen molar-refractivity contribution < 1.29 is 28.6 Å². The standard InChI is InChI=1S/C60H107NO6/c1-7-29-52(30-8-2)33-21-17-13-15-19-23-35-55(62)65-44-26-38-58-41-42-59(39-27-45-67-57(64)37-25-43-61(11-5)12-6)48-54(47-58)49-60(50-58,51-59)40-28-46-66-56(63)36-24-20-16-14-18-22-34-53(31-9-3)32-10-4/h19-20,23-24,52-54H,7-18,21-22,25-51H2,1-6H3/b23-19+,24-20+. The molecule has 7 nitrogen and oxygen atoms in total. The molecule has 0 aromatic rings. The summed E-state index contributed by atoms with van der Waals surface area (Å²) in [7, 11) is 0. The second-order valence-corrected chi connectivity index (χ2v) is 22.4. The lowest BCUT2D eigenvalue weighted by atomic mass is 9.49. The van der Waals surface area contributed by atoms with Gasteiger partial charge in [0.2, 0.25) is 0 Å². The molecule has 4 atom stereocenters. The van der Waals surface area contributed by atoms with Gasteiger partial charge < -0.3 is 19.1 Å². The van der Waals surface area contributed by atoms with Gasteiger partial charge in [0, 0.05) is 6.42 Å². The molecule has 4 bridgehead atoms. The van der Waals surface area contributed by atoms with Crippen LogP contribution in [-0.4, -0.2) is 62.3 Å². The average molecular weight is 939 g/mol. The van der Waals surface area contributed by atoms with E-state index in [0.29, 0.717) is 45.0 Å². The van der Waals surface area contributed by atoms with Gasteiger partial charge in [0.15, 0.2) is 0 Å². The number of hydrogen-bond donors (Lipinski definition) is 0. The van der Waals surface area contributed by atoms with Gasteiger partial charge in [0.1, 0.15) is 0 Å². The molecule has 0 spiro atoms. The van der Waals surface area contributed by atoms with Crippen molar-refractivity contribution in [2.45, 2.75) is 266 Å². The zero-order valence-electron chi connectivity index (χ0n) is 44.9. The number of carbonyl (C=O) groups excluding carboxylic acids is 3. The van der Waals surface area contributed by atoms with E-state index in [2.05, 4.69) is 58.6 Å². The summed E-state index contributed by atoms with van der Waals surface area (Å²) in [5, 5.41) is 0. The number of nitrogens with zero attached hydrogens (tertiary/aromatic N) is 1. The first-order valence-electron chi connectivity index (χ1n) is 29.1. The van der Waals surface area contributed by atoms with E-state index in [-0.39, 0.29) is 34.2 Å². The molecule has 0 aliphatic heterocycles. The number of ether oxygens (including phenoxy) is 3. The Morgan fingerprint density at radius 1 is 0.493 bits per heavy atom. The van der Waals surface area contributed by atoms with Crippen LogP contribution in [0, 0.1) is 34.0 Å². The number of hydrogen-bond acceptors (Lipinski definition) is 7. The molecule has 4 rings (SSSR count). The van der Waals surface area contributed by atoms with Crippen molar-refractivity contribution in [1.82, 2.24) is 4.90 Å². The quantitative estimate of drug-likeness (QED) is 0.0261. The summed E-state index contributed by atoms with van der Waals surface area (Å²) < 4.78 is 17.5. The highest BCUT2D eigenvalue weighted by Crippen LogP contribution is 2.69. The molecule has 4 unspecified atom stereocenters. The molecular formula is C60H107NO6. The minimum absolute atomic E-state index is 0.0518. The molecule has 4 saturated carbocycles. The highest BCUT2D eigenvalue weighted by Gasteiger charge is 2.58. The number of unbranched alkanes of at least 4 members (excludes halogenated alkanes) is 6. The highest BCUT2D eigenvalue weighted by atomic mass is 16.5. The molecule has 0 N–H and O–H groups in total. The molecule has 4 fully saturated rings. The molecule has 4 aliphatic carbocycles. The van der Waals surface area contributed by atoms with Gasteiger partial charge in [-0.25, -0.2) is 0 Å². The van der Waals surface area contributed by atoms with E-state index in [1.807, 2.05) is 12.2 Å². The van der Waals surface area contributed by atoms with Gasteiger partial charge in [-0.3, -0.25) is 14.4 Å². The Labute approximate surface area is 413 Å². The predicted octanol–water partition coefficient (Wildman–Crippen LogP) is 16.7. The van der Waals surface area contributed by atoms with E-state index in [0.717, 1.165) is 89.3 Å². The molecule has 0 amide bonds. The third-order valence-corrected chi connectivity index (χ3v) is 16.6. The second-order valence-electron chi connectivity index (χ2n) is 22.4. The molecular weight excluding hydrogens is 831 g/mol. The fraction of sp³-hybridized carbons (Fsp3) is 0.883. The lowest BCUT2D eigenvalue weighted by Crippen LogP contribution is -2.45. The Kier molecular flexibility index (Phi) is 30.9. The lowest BCUT2D eigenvalue weighted by molar-refractivity contribution is -0.144. The first kappa shape index (κ1) is 59.2. The molecule has 4 aliphatic rings. The van der Waals surface area contributed by atoms with Gasteiger partial charge >= 0.3 is 17.9 Å². The van der Waals surface area contributed by atoms with Crippen molar-refractivity contribution in [1.29, 1.82) is 0 Å². The number of rotatable bonds is 42. The molecule has 7 heteroatoms. The average Bonchev–Trinajstić information content (AvgIpc) is 3.47. The van der Waals surface area contributed by atoms with Crippen molar-refractivity contribution in [2.75, 3.05) is 39.5 Å². The normalized spacial score (nSPS) is 22.5. The van der Waals surface area contributed by atoms with Crippen LogP contribution in [0.2, 0.25) is 0 Å². The maximum absolute atomic E-state index is 12.8. The zero-order valence-corrected chi connectivity index (χ0v) is 44.9. The van der Waals surface area contributed by atoms with Crippen molar-refractivity contribution >= 4 is 17.9 Å². The van der Waals surface area contributed by atoms with Crippen LogP contribution < -0.4 is 0 Å². The summed E-state index contributed by atoms with van der Waals surface area (Å²) in [5.74, 6) is 2.26. The predicted molar refractivity (Wildman–Crippen MR) is 281 cm³/mol. The van der Waals surface area contributed by atoms with Gasteiger partial charge in [-0.05, 0) is 169 Å². The van der Waals surface area contributed by atoms with Crippen LogP contribution in [0.1, 0.15) is 266 Å². The largest absolute Gasteiger partial charge is 0.466 e. The molecule has 0 heterocycles. The lowest BCUT2D eigenvalue weighted by Gasteiger charge is -2.56. The Bertz CT molecular complexity index is 1360. The van der Waals surface area contributed by atoms with Crippen molar-refractivity contribution in [3.8, 4) is 0 Å². The zero-order chi connectivity index (χ0) is 48.5. The smallest absolute Gasteiger partial charge is 0.309 e. The Balaban J connectivity index is 1.46. The minimum Gasteiger partial charge on any atom is -0.466 e. The van der Waals surface area contributed by atoms with Crippen molar-refractivity contribution in [3.05, 3.63) is 24.3 Å². The number of esters is 3. The summed E-state index contributed by atoms with van der Waals surface area (Å²) in [6.45, 7) is 18.1. The maximum Gasteiger partial charge on any atom is 0.309 e. The van der Waals surface area contributed by atoms with Gasteiger partial charge in [0.25, 0.3) is 0 Å². The third-order valence-electron chi connectivity index (χ3n) is 16.6. The van der Waals surface area contributed by atoms with Gasteiger partial charge in [-0.1, -0.05) is 156 Å². The maximum atomic E-state index is 12.8. The Hall–Kier alpha value is -2.15. The first-order valence-corrected chi connectivity index (χ1v) is 29.1. The number of carbonyl (C=O) groups is 3. The monoisotopic (exact) mass is 938 g/mol. The van der Waals surface area contributed by atoms with Crippen LogP contribution in [0.5, 0.6) is 0 Å². The first-order chi connectivity index (χ1) is 32.6. The topological polar surface area (TPSA) is 82.1 Å². The van der Waals surface area contributed by atoms with E-state index in [1.54, 1.807) is 0 Å².